The summed E-state index contributed by atoms with van der Waals surface area (Å²) in [6.07, 6.45) is -4.35. The monoisotopic (exact) mass is 301 g/mol. The number of nitrogens with zero attached hydrogens (tertiary/aromatic N) is 2. The molecule has 1 saturated heterocycles. The SMILES string of the molecule is CC(C)(C)N1CCN(c2ccc(C(F)(F)F)cc2N)CC1. The maximum atomic E-state index is 12.6. The zero-order valence-corrected chi connectivity index (χ0v) is 12.7. The molecule has 0 amide bonds. The lowest BCUT2D eigenvalue weighted by Gasteiger charge is -2.43. The zero-order valence-electron chi connectivity index (χ0n) is 12.7. The first-order valence-corrected chi connectivity index (χ1v) is 7.06. The van der Waals surface area contributed by atoms with Gasteiger partial charge in [0.15, 0.2) is 0 Å². The first-order chi connectivity index (χ1) is 9.59. The van der Waals surface area contributed by atoms with Crippen LogP contribution >= 0.6 is 0 Å². The highest BCUT2D eigenvalue weighted by Gasteiger charge is 2.32. The first kappa shape index (κ1) is 15.9. The number of nitrogen functional groups attached to an aromatic ring is 1. The van der Waals surface area contributed by atoms with E-state index in [1.165, 1.54) is 6.07 Å². The van der Waals surface area contributed by atoms with Crippen molar-refractivity contribution in [2.45, 2.75) is 32.5 Å². The van der Waals surface area contributed by atoms with Crippen LogP contribution in [-0.2, 0) is 6.18 Å². The molecule has 2 N–H and O–H groups in total. The molecule has 0 saturated carbocycles. The normalized spacial score (nSPS) is 18.1. The smallest absolute Gasteiger partial charge is 0.397 e. The van der Waals surface area contributed by atoms with Crippen LogP contribution in [0.3, 0.4) is 0 Å². The summed E-state index contributed by atoms with van der Waals surface area (Å²) >= 11 is 0. The van der Waals surface area contributed by atoms with Gasteiger partial charge in [0, 0.05) is 31.7 Å². The number of hydrogen-bond donors (Lipinski definition) is 1. The van der Waals surface area contributed by atoms with E-state index in [4.69, 9.17) is 5.73 Å². The van der Waals surface area contributed by atoms with Crippen molar-refractivity contribution < 1.29 is 13.2 Å². The number of piperazine rings is 1. The Kier molecular flexibility index (Phi) is 4.10. The van der Waals surface area contributed by atoms with Gasteiger partial charge < -0.3 is 10.6 Å². The molecule has 1 aliphatic rings. The van der Waals surface area contributed by atoms with Gasteiger partial charge in [0.2, 0.25) is 0 Å². The highest BCUT2D eigenvalue weighted by molar-refractivity contribution is 5.69. The van der Waals surface area contributed by atoms with Gasteiger partial charge >= 0.3 is 6.18 Å². The van der Waals surface area contributed by atoms with Gasteiger partial charge in [0.1, 0.15) is 0 Å². The molecule has 118 valence electrons. The zero-order chi connectivity index (χ0) is 15.8. The van der Waals surface area contributed by atoms with E-state index in [0.29, 0.717) is 5.69 Å². The van der Waals surface area contributed by atoms with Crippen LogP contribution in [-0.4, -0.2) is 36.6 Å². The fraction of sp³-hybridized carbons (Fsp3) is 0.600. The van der Waals surface area contributed by atoms with Crippen LogP contribution in [0.5, 0.6) is 0 Å². The predicted molar refractivity (Wildman–Crippen MR) is 79.4 cm³/mol. The number of anilines is 2. The van der Waals surface area contributed by atoms with E-state index in [2.05, 4.69) is 30.6 Å². The number of halogens is 3. The van der Waals surface area contributed by atoms with Crippen molar-refractivity contribution in [3.63, 3.8) is 0 Å². The molecular weight excluding hydrogens is 279 g/mol. The van der Waals surface area contributed by atoms with Gasteiger partial charge in [-0.1, -0.05) is 0 Å². The minimum Gasteiger partial charge on any atom is -0.397 e. The van der Waals surface area contributed by atoms with E-state index in [1.807, 2.05) is 0 Å². The standard InChI is InChI=1S/C15H22F3N3/c1-14(2,3)21-8-6-20(7-9-21)13-5-4-11(10-12(13)19)15(16,17)18/h4-5,10H,6-9,19H2,1-3H3. The number of alkyl halides is 3. The van der Waals surface area contributed by atoms with Crippen molar-refractivity contribution >= 4 is 11.4 Å². The largest absolute Gasteiger partial charge is 0.416 e. The topological polar surface area (TPSA) is 32.5 Å². The molecule has 0 aliphatic carbocycles. The molecule has 0 atom stereocenters. The van der Waals surface area contributed by atoms with Crippen molar-refractivity contribution in [2.75, 3.05) is 36.8 Å². The summed E-state index contributed by atoms with van der Waals surface area (Å²) in [4.78, 5) is 4.42. The van der Waals surface area contributed by atoms with Gasteiger partial charge in [-0.2, -0.15) is 13.2 Å². The number of nitrogens with two attached hydrogens (primary N) is 1. The maximum absolute atomic E-state index is 12.6. The fourth-order valence-electron chi connectivity index (χ4n) is 2.64. The van der Waals surface area contributed by atoms with Gasteiger partial charge in [-0.15, -0.1) is 0 Å². The van der Waals surface area contributed by atoms with Crippen LogP contribution in [0.2, 0.25) is 0 Å². The lowest BCUT2D eigenvalue weighted by molar-refractivity contribution is -0.137. The van der Waals surface area contributed by atoms with E-state index in [1.54, 1.807) is 0 Å². The summed E-state index contributed by atoms with van der Waals surface area (Å²) in [5.41, 5.74) is 6.11. The maximum Gasteiger partial charge on any atom is 0.416 e. The number of hydrogen-bond acceptors (Lipinski definition) is 3. The summed E-state index contributed by atoms with van der Waals surface area (Å²) < 4.78 is 37.9. The second-order valence-electron chi connectivity index (χ2n) is 6.42. The first-order valence-electron chi connectivity index (χ1n) is 7.06. The average molecular weight is 301 g/mol. The average Bonchev–Trinajstić information content (AvgIpc) is 2.36. The molecule has 0 aromatic heterocycles. The Balaban J connectivity index is 2.11. The lowest BCUT2D eigenvalue weighted by Crippen LogP contribution is -2.53. The van der Waals surface area contributed by atoms with Crippen molar-refractivity contribution in [3.8, 4) is 0 Å². The van der Waals surface area contributed by atoms with Gasteiger partial charge in [0.25, 0.3) is 0 Å². The minimum absolute atomic E-state index is 0.109. The molecule has 6 heteroatoms. The van der Waals surface area contributed by atoms with Crippen molar-refractivity contribution in [3.05, 3.63) is 23.8 Å². The molecule has 21 heavy (non-hydrogen) atoms. The molecule has 0 unspecified atom stereocenters. The fourth-order valence-corrected chi connectivity index (χ4v) is 2.64. The van der Waals surface area contributed by atoms with Crippen molar-refractivity contribution in [2.24, 2.45) is 0 Å². The van der Waals surface area contributed by atoms with Crippen LogP contribution in [0.4, 0.5) is 24.5 Å². The van der Waals surface area contributed by atoms with Crippen LogP contribution in [0.15, 0.2) is 18.2 Å². The predicted octanol–water partition coefficient (Wildman–Crippen LogP) is 3.21. The summed E-state index contributed by atoms with van der Waals surface area (Å²) in [6, 6.07) is 3.60. The Hall–Kier alpha value is -1.43. The molecule has 1 heterocycles. The Morgan fingerprint density at radius 3 is 2.00 bits per heavy atom. The molecule has 1 aliphatic heterocycles. The van der Waals surface area contributed by atoms with E-state index in [0.717, 1.165) is 38.3 Å². The molecule has 1 fully saturated rings. The Bertz CT molecular complexity index is 498. The highest BCUT2D eigenvalue weighted by atomic mass is 19.4. The van der Waals surface area contributed by atoms with Crippen LogP contribution < -0.4 is 10.6 Å². The quantitative estimate of drug-likeness (QED) is 0.809. The number of rotatable bonds is 1. The van der Waals surface area contributed by atoms with E-state index >= 15 is 0 Å². The molecule has 0 spiro atoms. The molecule has 2 rings (SSSR count). The molecule has 3 nitrogen and oxygen atoms in total. The Morgan fingerprint density at radius 2 is 1.57 bits per heavy atom. The van der Waals surface area contributed by atoms with Gasteiger partial charge in [0.05, 0.1) is 16.9 Å². The van der Waals surface area contributed by atoms with Crippen LogP contribution in [0.1, 0.15) is 26.3 Å². The second kappa shape index (κ2) is 5.40. The third-order valence-electron chi connectivity index (χ3n) is 3.92. The van der Waals surface area contributed by atoms with Crippen LogP contribution in [0.25, 0.3) is 0 Å². The third kappa shape index (κ3) is 3.61. The summed E-state index contributed by atoms with van der Waals surface area (Å²) in [5, 5.41) is 0. The van der Waals surface area contributed by atoms with Gasteiger partial charge in [-0.25, -0.2) is 0 Å². The highest BCUT2D eigenvalue weighted by Crippen LogP contribution is 2.34. The molecule has 1 aromatic rings. The summed E-state index contributed by atoms with van der Waals surface area (Å²) in [6.45, 7) is 9.78. The lowest BCUT2D eigenvalue weighted by atomic mass is 10.0. The van der Waals surface area contributed by atoms with Crippen molar-refractivity contribution in [1.82, 2.24) is 4.90 Å². The van der Waals surface area contributed by atoms with E-state index in [9.17, 15) is 13.2 Å². The Morgan fingerprint density at radius 1 is 1.00 bits per heavy atom. The number of benzene rings is 1. The molecule has 0 bridgehead atoms. The minimum atomic E-state index is -4.35. The molecule has 1 aromatic carbocycles. The third-order valence-corrected chi connectivity index (χ3v) is 3.92. The summed E-state index contributed by atoms with van der Waals surface area (Å²) in [5.74, 6) is 0. The van der Waals surface area contributed by atoms with Crippen molar-refractivity contribution in [1.29, 1.82) is 0 Å². The Labute approximate surface area is 123 Å². The van der Waals surface area contributed by atoms with Gasteiger partial charge in [-0.3, -0.25) is 4.90 Å². The van der Waals surface area contributed by atoms with Crippen LogP contribution in [0, 0.1) is 0 Å². The second-order valence-corrected chi connectivity index (χ2v) is 6.42. The van der Waals surface area contributed by atoms with Gasteiger partial charge in [-0.05, 0) is 39.0 Å². The van der Waals surface area contributed by atoms with E-state index < -0.39 is 11.7 Å². The summed E-state index contributed by atoms with van der Waals surface area (Å²) in [7, 11) is 0. The van der Waals surface area contributed by atoms with E-state index in [-0.39, 0.29) is 11.2 Å². The molecule has 0 radical (unpaired) electrons. The molecular formula is C15H22F3N3.